The molecule has 1 aliphatic rings. The highest BCUT2D eigenvalue weighted by Gasteiger charge is 2.21. The van der Waals surface area contributed by atoms with Crippen LogP contribution in [-0.4, -0.2) is 31.7 Å². The number of aliphatic hydroxyl groups is 1. The smallest absolute Gasteiger partial charge is 0.261 e. The second-order valence-electron chi connectivity index (χ2n) is 6.70. The molecule has 0 saturated heterocycles. The summed E-state index contributed by atoms with van der Waals surface area (Å²) in [5, 5.41) is 7.67. The Morgan fingerprint density at radius 2 is 2.00 bits per heavy atom. The monoisotopic (exact) mass is 366 g/mol. The Kier molecular flexibility index (Phi) is 6.29. The van der Waals surface area contributed by atoms with Crippen LogP contribution >= 0.6 is 0 Å². The van der Waals surface area contributed by atoms with Gasteiger partial charge in [-0.15, -0.1) is 0 Å². The van der Waals surface area contributed by atoms with E-state index >= 15 is 0 Å². The number of nitrogens with zero attached hydrogens (tertiary/aromatic N) is 4. The third kappa shape index (κ3) is 3.90. The molecular formula is C21H26N4O2. The van der Waals surface area contributed by atoms with Crippen LogP contribution in [0.4, 0.5) is 0 Å². The molecule has 3 aromatic rings. The molecule has 6 nitrogen and oxygen atoms in total. The van der Waals surface area contributed by atoms with E-state index in [0.717, 1.165) is 36.9 Å². The van der Waals surface area contributed by atoms with Gasteiger partial charge in [0.15, 0.2) is 0 Å². The lowest BCUT2D eigenvalue weighted by Crippen LogP contribution is -2.20. The normalized spacial score (nSPS) is 14.6. The topological polar surface area (TPSA) is 80.9 Å². The summed E-state index contributed by atoms with van der Waals surface area (Å²) in [5.41, 5.74) is 3.39. The maximum atomic E-state index is 12.9. The third-order valence-electron chi connectivity index (χ3n) is 5.13. The lowest BCUT2D eigenvalue weighted by atomic mass is 9.86. The minimum Gasteiger partial charge on any atom is -0.400 e. The van der Waals surface area contributed by atoms with Crippen LogP contribution in [0.3, 0.4) is 0 Å². The Labute approximate surface area is 158 Å². The van der Waals surface area contributed by atoms with Crippen molar-refractivity contribution in [1.29, 1.82) is 0 Å². The predicted octanol–water partition coefficient (Wildman–Crippen LogP) is 3.53. The molecule has 0 unspecified atom stereocenters. The SMILES string of the molecule is CCn1cnc2c(-c3cccnc3)nc(C3CCCCC3)cc2c1=O.CO. The van der Waals surface area contributed by atoms with E-state index in [4.69, 9.17) is 10.1 Å². The van der Waals surface area contributed by atoms with Gasteiger partial charge in [-0.05, 0) is 38.0 Å². The van der Waals surface area contributed by atoms with Gasteiger partial charge in [-0.1, -0.05) is 19.3 Å². The van der Waals surface area contributed by atoms with Crippen molar-refractivity contribution in [3.05, 3.63) is 53.0 Å². The summed E-state index contributed by atoms with van der Waals surface area (Å²) >= 11 is 0. The van der Waals surface area contributed by atoms with Crippen molar-refractivity contribution >= 4 is 10.9 Å². The van der Waals surface area contributed by atoms with E-state index in [-0.39, 0.29) is 5.56 Å². The molecule has 3 heterocycles. The van der Waals surface area contributed by atoms with Crippen LogP contribution in [0, 0.1) is 0 Å². The molecule has 6 heteroatoms. The van der Waals surface area contributed by atoms with E-state index in [9.17, 15) is 4.79 Å². The average Bonchev–Trinajstić information content (AvgIpc) is 2.76. The highest BCUT2D eigenvalue weighted by molar-refractivity contribution is 5.90. The third-order valence-corrected chi connectivity index (χ3v) is 5.13. The Balaban J connectivity index is 0.00000102. The zero-order valence-electron chi connectivity index (χ0n) is 15.9. The molecule has 0 aromatic carbocycles. The van der Waals surface area contributed by atoms with Crippen molar-refractivity contribution < 1.29 is 5.11 Å². The molecule has 0 bridgehead atoms. The Morgan fingerprint density at radius 3 is 2.67 bits per heavy atom. The number of hydrogen-bond acceptors (Lipinski definition) is 5. The minimum absolute atomic E-state index is 0.0112. The van der Waals surface area contributed by atoms with Crippen molar-refractivity contribution in [1.82, 2.24) is 19.5 Å². The molecule has 0 amide bonds. The van der Waals surface area contributed by atoms with Gasteiger partial charge in [0, 0.05) is 43.2 Å². The molecule has 0 radical (unpaired) electrons. The maximum Gasteiger partial charge on any atom is 0.261 e. The highest BCUT2D eigenvalue weighted by Crippen LogP contribution is 2.34. The summed E-state index contributed by atoms with van der Waals surface area (Å²) in [6.45, 7) is 2.57. The molecular weight excluding hydrogens is 340 g/mol. The number of aryl methyl sites for hydroxylation is 1. The van der Waals surface area contributed by atoms with Crippen molar-refractivity contribution in [2.75, 3.05) is 7.11 Å². The number of aromatic nitrogens is 4. The summed E-state index contributed by atoms with van der Waals surface area (Å²) in [6.07, 6.45) is 11.2. The van der Waals surface area contributed by atoms with E-state index in [1.165, 1.54) is 19.3 Å². The molecule has 1 N–H and O–H groups in total. The Bertz CT molecular complexity index is 948. The molecule has 0 atom stereocenters. The zero-order valence-corrected chi connectivity index (χ0v) is 15.9. The number of fused-ring (bicyclic) bond motifs is 1. The largest absolute Gasteiger partial charge is 0.400 e. The van der Waals surface area contributed by atoms with Crippen molar-refractivity contribution in [2.45, 2.75) is 51.5 Å². The van der Waals surface area contributed by atoms with Gasteiger partial charge >= 0.3 is 0 Å². The van der Waals surface area contributed by atoms with E-state index in [2.05, 4.69) is 9.97 Å². The fraction of sp³-hybridized carbons (Fsp3) is 0.429. The van der Waals surface area contributed by atoms with Gasteiger partial charge in [-0.2, -0.15) is 0 Å². The van der Waals surface area contributed by atoms with Crippen LogP contribution in [0.5, 0.6) is 0 Å². The summed E-state index contributed by atoms with van der Waals surface area (Å²) in [4.78, 5) is 26.6. The number of hydrogen-bond donors (Lipinski definition) is 1. The van der Waals surface area contributed by atoms with Crippen LogP contribution < -0.4 is 5.56 Å². The lowest BCUT2D eigenvalue weighted by molar-refractivity contribution is 0.399. The molecule has 27 heavy (non-hydrogen) atoms. The summed E-state index contributed by atoms with van der Waals surface area (Å²) < 4.78 is 1.65. The second kappa shape index (κ2) is 8.86. The average molecular weight is 366 g/mol. The molecule has 1 aliphatic carbocycles. The quantitative estimate of drug-likeness (QED) is 0.767. The maximum absolute atomic E-state index is 12.9. The van der Waals surface area contributed by atoms with Gasteiger partial charge in [0.2, 0.25) is 0 Å². The van der Waals surface area contributed by atoms with Crippen LogP contribution in [0.25, 0.3) is 22.2 Å². The molecule has 0 spiro atoms. The standard InChI is InChI=1S/C20H22N4O.CH4O/c1-2-24-13-22-19-16(20(24)25)11-17(14-7-4-3-5-8-14)23-18(19)15-9-6-10-21-12-15;1-2/h6,9-14H,2-5,7-8H2,1H3;2H,1H3. The van der Waals surface area contributed by atoms with Crippen LogP contribution in [0.2, 0.25) is 0 Å². The molecule has 0 aliphatic heterocycles. The van der Waals surface area contributed by atoms with Crippen molar-refractivity contribution in [3.8, 4) is 11.3 Å². The first-order valence-corrected chi connectivity index (χ1v) is 9.53. The fourth-order valence-corrected chi connectivity index (χ4v) is 3.72. The lowest BCUT2D eigenvalue weighted by Gasteiger charge is -2.22. The van der Waals surface area contributed by atoms with Crippen molar-refractivity contribution in [2.24, 2.45) is 0 Å². The Morgan fingerprint density at radius 1 is 1.22 bits per heavy atom. The van der Waals surface area contributed by atoms with Gasteiger partial charge in [0.05, 0.1) is 17.4 Å². The first-order valence-electron chi connectivity index (χ1n) is 9.53. The first-order chi connectivity index (χ1) is 13.3. The second-order valence-corrected chi connectivity index (χ2v) is 6.70. The van der Waals surface area contributed by atoms with E-state index in [1.807, 2.05) is 25.1 Å². The minimum atomic E-state index is 0.0112. The molecule has 3 aromatic heterocycles. The summed E-state index contributed by atoms with van der Waals surface area (Å²) in [7, 11) is 1.00. The van der Waals surface area contributed by atoms with E-state index in [0.29, 0.717) is 23.4 Å². The summed E-state index contributed by atoms with van der Waals surface area (Å²) in [6, 6.07) is 5.85. The van der Waals surface area contributed by atoms with E-state index in [1.54, 1.807) is 23.3 Å². The number of pyridine rings is 2. The predicted molar refractivity (Wildman–Crippen MR) is 107 cm³/mol. The molecule has 1 saturated carbocycles. The first kappa shape index (κ1) is 19.2. The van der Waals surface area contributed by atoms with E-state index < -0.39 is 0 Å². The fourth-order valence-electron chi connectivity index (χ4n) is 3.72. The van der Waals surface area contributed by atoms with Gasteiger partial charge in [0.1, 0.15) is 5.52 Å². The van der Waals surface area contributed by atoms with Crippen molar-refractivity contribution in [3.63, 3.8) is 0 Å². The molecule has 1 fully saturated rings. The Hall–Kier alpha value is -2.60. The van der Waals surface area contributed by atoms with Gasteiger partial charge in [-0.3, -0.25) is 19.3 Å². The number of rotatable bonds is 3. The molecule has 142 valence electrons. The van der Waals surface area contributed by atoms with Crippen LogP contribution in [0.15, 0.2) is 41.7 Å². The van der Waals surface area contributed by atoms with Crippen LogP contribution in [-0.2, 0) is 6.54 Å². The van der Waals surface area contributed by atoms with Gasteiger partial charge in [-0.25, -0.2) is 4.98 Å². The van der Waals surface area contributed by atoms with Crippen LogP contribution in [0.1, 0.15) is 50.6 Å². The van der Waals surface area contributed by atoms with Gasteiger partial charge in [0.25, 0.3) is 5.56 Å². The summed E-state index contributed by atoms with van der Waals surface area (Å²) in [5.74, 6) is 0.434. The highest BCUT2D eigenvalue weighted by atomic mass is 16.2. The zero-order chi connectivity index (χ0) is 19.2. The number of aliphatic hydroxyl groups excluding tert-OH is 1. The van der Waals surface area contributed by atoms with Gasteiger partial charge < -0.3 is 5.11 Å². The molecule has 4 rings (SSSR count).